The number of aromatic nitrogens is 1. The third kappa shape index (κ3) is 1.75. The Bertz CT molecular complexity index is 594. The lowest BCUT2D eigenvalue weighted by Crippen LogP contribution is -2.39. The van der Waals surface area contributed by atoms with Gasteiger partial charge in [0.05, 0.1) is 5.92 Å². The number of carboxylic acid groups (broad SMARTS) is 1. The topological polar surface area (TPSA) is 90.5 Å². The van der Waals surface area contributed by atoms with Crippen LogP contribution in [0, 0.1) is 5.92 Å². The Morgan fingerprint density at radius 2 is 2.16 bits per heavy atom. The predicted molar refractivity (Wildman–Crippen MR) is 65.8 cm³/mol. The molecule has 19 heavy (non-hydrogen) atoms. The van der Waals surface area contributed by atoms with Crippen LogP contribution in [0.25, 0.3) is 0 Å². The number of pyridine rings is 1. The van der Waals surface area contributed by atoms with Gasteiger partial charge < -0.3 is 15.0 Å². The molecule has 0 aliphatic carbocycles. The van der Waals surface area contributed by atoms with E-state index in [0.717, 1.165) is 6.42 Å². The first kappa shape index (κ1) is 12.0. The lowest BCUT2D eigenvalue weighted by Gasteiger charge is -2.22. The first-order valence-electron chi connectivity index (χ1n) is 6.32. The molecule has 0 radical (unpaired) electrons. The summed E-state index contributed by atoms with van der Waals surface area (Å²) in [7, 11) is 0. The zero-order chi connectivity index (χ0) is 13.6. The lowest BCUT2D eigenvalue weighted by atomic mass is 9.89. The molecule has 1 amide bonds. The molecule has 2 bridgehead atoms. The third-order valence-electron chi connectivity index (χ3n) is 4.14. The Kier molecular flexibility index (Phi) is 2.66. The number of aliphatic carboxylic acids is 1. The number of rotatable bonds is 2. The summed E-state index contributed by atoms with van der Waals surface area (Å²) in [5.74, 6) is -1.70. The number of aromatic amines is 1. The number of carbonyl (C=O) groups is 2. The van der Waals surface area contributed by atoms with E-state index in [1.165, 1.54) is 18.5 Å². The minimum atomic E-state index is -0.855. The number of amides is 1. The number of nitrogens with zero attached hydrogens (tertiary/aromatic N) is 1. The Morgan fingerprint density at radius 3 is 2.79 bits per heavy atom. The summed E-state index contributed by atoms with van der Waals surface area (Å²) in [5, 5.41) is 9.15. The van der Waals surface area contributed by atoms with Crippen molar-refractivity contribution in [1.29, 1.82) is 0 Å². The molecule has 3 unspecified atom stereocenters. The first-order chi connectivity index (χ1) is 9.09. The van der Waals surface area contributed by atoms with Crippen LogP contribution in [0.2, 0.25) is 0 Å². The molecular weight excluding hydrogens is 248 g/mol. The third-order valence-corrected chi connectivity index (χ3v) is 4.14. The molecule has 0 spiro atoms. The monoisotopic (exact) mass is 262 g/mol. The molecule has 3 heterocycles. The highest BCUT2D eigenvalue weighted by Gasteiger charge is 2.51. The standard InChI is InChI=1S/C13H14N2O4/c16-11-3-4-14-6-9(11)12(17)15-7-1-2-10(15)8(5-7)13(18)19/h3-4,6-8,10H,1-2,5H2,(H,14,16)(H,18,19). The highest BCUT2D eigenvalue weighted by atomic mass is 16.4. The number of carbonyl (C=O) groups excluding carboxylic acids is 1. The van der Waals surface area contributed by atoms with Gasteiger partial charge in [0.1, 0.15) is 5.56 Å². The van der Waals surface area contributed by atoms with Gasteiger partial charge in [0.25, 0.3) is 5.91 Å². The minimum Gasteiger partial charge on any atom is -0.481 e. The fourth-order valence-electron chi connectivity index (χ4n) is 3.29. The van der Waals surface area contributed by atoms with E-state index in [1.54, 1.807) is 4.90 Å². The second-order valence-corrected chi connectivity index (χ2v) is 5.11. The summed E-state index contributed by atoms with van der Waals surface area (Å²) in [6.45, 7) is 0. The SMILES string of the molecule is O=C(O)C1CC2CCC1N2C(=O)c1c[nH]ccc1=O. The van der Waals surface area contributed by atoms with Gasteiger partial charge in [0, 0.05) is 30.5 Å². The van der Waals surface area contributed by atoms with E-state index >= 15 is 0 Å². The number of hydrogen-bond acceptors (Lipinski definition) is 3. The molecule has 2 aliphatic rings. The largest absolute Gasteiger partial charge is 0.481 e. The molecule has 0 saturated carbocycles. The van der Waals surface area contributed by atoms with Crippen LogP contribution in [-0.2, 0) is 4.79 Å². The van der Waals surface area contributed by atoms with Crippen LogP contribution in [-0.4, -0.2) is 39.0 Å². The highest BCUT2D eigenvalue weighted by Crippen LogP contribution is 2.42. The van der Waals surface area contributed by atoms with E-state index in [4.69, 9.17) is 5.11 Å². The van der Waals surface area contributed by atoms with Crippen LogP contribution in [0.4, 0.5) is 0 Å². The van der Waals surface area contributed by atoms with Crippen molar-refractivity contribution in [3.05, 3.63) is 34.2 Å². The van der Waals surface area contributed by atoms with Gasteiger partial charge in [-0.15, -0.1) is 0 Å². The van der Waals surface area contributed by atoms with Gasteiger partial charge in [-0.1, -0.05) is 0 Å². The van der Waals surface area contributed by atoms with E-state index in [0.29, 0.717) is 12.8 Å². The van der Waals surface area contributed by atoms with Gasteiger partial charge in [-0.05, 0) is 19.3 Å². The van der Waals surface area contributed by atoms with Crippen molar-refractivity contribution in [3.63, 3.8) is 0 Å². The van der Waals surface area contributed by atoms with Crippen molar-refractivity contribution in [3.8, 4) is 0 Å². The number of fused-ring (bicyclic) bond motifs is 2. The molecule has 2 fully saturated rings. The van der Waals surface area contributed by atoms with Crippen LogP contribution < -0.4 is 5.43 Å². The van der Waals surface area contributed by atoms with Gasteiger partial charge in [0.15, 0.2) is 5.43 Å². The maximum Gasteiger partial charge on any atom is 0.308 e. The number of hydrogen-bond donors (Lipinski definition) is 2. The fraction of sp³-hybridized carbons (Fsp3) is 0.462. The van der Waals surface area contributed by atoms with Gasteiger partial charge in [-0.3, -0.25) is 14.4 Å². The Balaban J connectivity index is 1.92. The normalized spacial score (nSPS) is 28.6. The number of carboxylic acids is 1. The molecule has 1 aromatic rings. The van der Waals surface area contributed by atoms with E-state index in [1.807, 2.05) is 0 Å². The molecule has 2 aliphatic heterocycles. The summed E-state index contributed by atoms with van der Waals surface area (Å²) in [5.41, 5.74) is -0.243. The zero-order valence-corrected chi connectivity index (χ0v) is 10.2. The maximum atomic E-state index is 12.4. The molecule has 100 valence electrons. The Morgan fingerprint density at radius 1 is 1.37 bits per heavy atom. The van der Waals surface area contributed by atoms with E-state index in [9.17, 15) is 14.4 Å². The van der Waals surface area contributed by atoms with Crippen LogP contribution in [0.15, 0.2) is 23.3 Å². The number of nitrogens with one attached hydrogen (secondary N) is 1. The van der Waals surface area contributed by atoms with Crippen molar-refractivity contribution in [2.24, 2.45) is 5.92 Å². The molecule has 6 heteroatoms. The molecule has 0 aromatic carbocycles. The molecule has 2 N–H and O–H groups in total. The molecule has 1 aromatic heterocycles. The van der Waals surface area contributed by atoms with Gasteiger partial charge >= 0.3 is 5.97 Å². The second-order valence-electron chi connectivity index (χ2n) is 5.11. The van der Waals surface area contributed by atoms with Crippen molar-refractivity contribution >= 4 is 11.9 Å². The summed E-state index contributed by atoms with van der Waals surface area (Å²) in [4.78, 5) is 39.6. The zero-order valence-electron chi connectivity index (χ0n) is 10.2. The average molecular weight is 262 g/mol. The van der Waals surface area contributed by atoms with Gasteiger partial charge in [0.2, 0.25) is 0 Å². The summed E-state index contributed by atoms with van der Waals surface area (Å²) in [6.07, 6.45) is 4.88. The lowest BCUT2D eigenvalue weighted by molar-refractivity contribution is -0.142. The molecule has 6 nitrogen and oxygen atoms in total. The van der Waals surface area contributed by atoms with E-state index < -0.39 is 11.9 Å². The van der Waals surface area contributed by atoms with E-state index in [2.05, 4.69) is 4.98 Å². The van der Waals surface area contributed by atoms with Crippen LogP contribution >= 0.6 is 0 Å². The highest BCUT2D eigenvalue weighted by molar-refractivity contribution is 5.95. The van der Waals surface area contributed by atoms with Gasteiger partial charge in [-0.2, -0.15) is 0 Å². The molecule has 3 atom stereocenters. The molecular formula is C13H14N2O4. The smallest absolute Gasteiger partial charge is 0.308 e. The molecule has 3 rings (SSSR count). The fourth-order valence-corrected chi connectivity index (χ4v) is 3.29. The van der Waals surface area contributed by atoms with Crippen molar-refractivity contribution in [2.45, 2.75) is 31.3 Å². The first-order valence-corrected chi connectivity index (χ1v) is 6.32. The summed E-state index contributed by atoms with van der Waals surface area (Å²) >= 11 is 0. The van der Waals surface area contributed by atoms with Crippen LogP contribution in [0.3, 0.4) is 0 Å². The van der Waals surface area contributed by atoms with E-state index in [-0.39, 0.29) is 29.0 Å². The average Bonchev–Trinajstić information content (AvgIpc) is 2.96. The second kappa shape index (κ2) is 4.22. The predicted octanol–water partition coefficient (Wildman–Crippen LogP) is 0.453. The maximum absolute atomic E-state index is 12.4. The van der Waals surface area contributed by atoms with Crippen molar-refractivity contribution in [2.75, 3.05) is 0 Å². The Labute approximate surface area is 109 Å². The van der Waals surface area contributed by atoms with Crippen molar-refractivity contribution in [1.82, 2.24) is 9.88 Å². The van der Waals surface area contributed by atoms with Crippen molar-refractivity contribution < 1.29 is 14.7 Å². The summed E-state index contributed by atoms with van der Waals surface area (Å²) in [6, 6.07) is 0.993. The Hall–Kier alpha value is -2.11. The number of H-pyrrole nitrogens is 1. The van der Waals surface area contributed by atoms with Crippen LogP contribution in [0.1, 0.15) is 29.6 Å². The molecule has 2 saturated heterocycles. The van der Waals surface area contributed by atoms with Crippen LogP contribution in [0.5, 0.6) is 0 Å². The quantitative estimate of drug-likeness (QED) is 0.809. The summed E-state index contributed by atoms with van der Waals surface area (Å²) < 4.78 is 0. The van der Waals surface area contributed by atoms with Gasteiger partial charge in [-0.25, -0.2) is 0 Å². The minimum absolute atomic E-state index is 0.0433.